The second kappa shape index (κ2) is 11.7. The second-order valence-corrected chi connectivity index (χ2v) is 6.95. The first kappa shape index (κ1) is 23.0. The van der Waals surface area contributed by atoms with Gasteiger partial charge in [0.15, 0.2) is 6.10 Å². The van der Waals surface area contributed by atoms with E-state index in [2.05, 4.69) is 17.4 Å². The largest absolute Gasteiger partial charge is 0.497 e. The van der Waals surface area contributed by atoms with Crippen molar-refractivity contribution < 1.29 is 23.8 Å². The summed E-state index contributed by atoms with van der Waals surface area (Å²) < 4.78 is 15.7. The molecule has 6 heteroatoms. The van der Waals surface area contributed by atoms with E-state index in [1.807, 2.05) is 25.1 Å². The van der Waals surface area contributed by atoms with E-state index < -0.39 is 12.1 Å². The van der Waals surface area contributed by atoms with Crippen LogP contribution < -0.4 is 14.8 Å². The van der Waals surface area contributed by atoms with Gasteiger partial charge in [-0.25, -0.2) is 4.79 Å². The maximum Gasteiger partial charge on any atom is 0.331 e. The van der Waals surface area contributed by atoms with E-state index in [0.29, 0.717) is 17.1 Å². The number of methoxy groups -OCH3 is 2. The molecule has 0 saturated carbocycles. The zero-order valence-electron chi connectivity index (χ0n) is 17.9. The Bertz CT molecular complexity index is 863. The van der Waals surface area contributed by atoms with Gasteiger partial charge in [-0.1, -0.05) is 30.3 Å². The molecule has 6 nitrogen and oxygen atoms in total. The summed E-state index contributed by atoms with van der Waals surface area (Å²) in [6, 6.07) is 15.3. The highest BCUT2D eigenvalue weighted by Crippen LogP contribution is 2.25. The van der Waals surface area contributed by atoms with Gasteiger partial charge in [-0.3, -0.25) is 4.79 Å². The number of ether oxygens (including phenoxy) is 3. The van der Waals surface area contributed by atoms with Gasteiger partial charge in [0.05, 0.1) is 14.2 Å². The summed E-state index contributed by atoms with van der Waals surface area (Å²) >= 11 is 0. The molecule has 0 bridgehead atoms. The van der Waals surface area contributed by atoms with Crippen LogP contribution >= 0.6 is 0 Å². The predicted molar refractivity (Wildman–Crippen MR) is 117 cm³/mol. The van der Waals surface area contributed by atoms with Crippen LogP contribution in [0.1, 0.15) is 31.4 Å². The molecule has 2 atom stereocenters. The molecule has 2 aromatic carbocycles. The van der Waals surface area contributed by atoms with Crippen LogP contribution in [0.25, 0.3) is 6.08 Å². The van der Waals surface area contributed by atoms with Crippen molar-refractivity contribution in [3.05, 3.63) is 65.7 Å². The van der Waals surface area contributed by atoms with E-state index in [-0.39, 0.29) is 11.9 Å². The van der Waals surface area contributed by atoms with Crippen molar-refractivity contribution in [1.82, 2.24) is 5.32 Å². The Morgan fingerprint density at radius 1 is 1.03 bits per heavy atom. The lowest BCUT2D eigenvalue weighted by molar-refractivity contribution is -0.150. The number of rotatable bonds is 10. The maximum atomic E-state index is 12.3. The minimum Gasteiger partial charge on any atom is -0.497 e. The fourth-order valence-corrected chi connectivity index (χ4v) is 2.84. The third-order valence-corrected chi connectivity index (χ3v) is 4.60. The van der Waals surface area contributed by atoms with Crippen molar-refractivity contribution in [2.45, 2.75) is 38.8 Å². The number of hydrogen-bond acceptors (Lipinski definition) is 5. The highest BCUT2D eigenvalue weighted by atomic mass is 16.5. The first-order chi connectivity index (χ1) is 14.4. The minimum absolute atomic E-state index is 0.0297. The van der Waals surface area contributed by atoms with Gasteiger partial charge in [-0.05, 0) is 50.5 Å². The molecule has 0 spiro atoms. The van der Waals surface area contributed by atoms with Gasteiger partial charge in [0.2, 0.25) is 0 Å². The Labute approximate surface area is 177 Å². The Kier molecular flexibility index (Phi) is 8.94. The number of aryl methyl sites for hydroxylation is 1. The first-order valence-corrected chi connectivity index (χ1v) is 9.88. The summed E-state index contributed by atoms with van der Waals surface area (Å²) in [6.45, 7) is 3.49. The van der Waals surface area contributed by atoms with E-state index in [9.17, 15) is 9.59 Å². The zero-order chi connectivity index (χ0) is 21.9. The smallest absolute Gasteiger partial charge is 0.331 e. The molecule has 0 radical (unpaired) electrons. The topological polar surface area (TPSA) is 73.9 Å². The summed E-state index contributed by atoms with van der Waals surface area (Å²) in [5.74, 6) is 0.293. The third-order valence-electron chi connectivity index (χ3n) is 4.60. The van der Waals surface area contributed by atoms with Crippen molar-refractivity contribution in [3.63, 3.8) is 0 Å². The Morgan fingerprint density at radius 2 is 1.77 bits per heavy atom. The number of carbonyl (C=O) groups excluding carboxylic acids is 2. The van der Waals surface area contributed by atoms with Crippen molar-refractivity contribution in [2.75, 3.05) is 14.2 Å². The van der Waals surface area contributed by atoms with Crippen molar-refractivity contribution in [1.29, 1.82) is 0 Å². The van der Waals surface area contributed by atoms with Gasteiger partial charge in [-0.2, -0.15) is 0 Å². The molecule has 1 amide bonds. The number of carbonyl (C=O) groups is 2. The highest BCUT2D eigenvalue weighted by Gasteiger charge is 2.18. The molecule has 0 heterocycles. The second-order valence-electron chi connectivity index (χ2n) is 6.95. The van der Waals surface area contributed by atoms with Gasteiger partial charge in [0.1, 0.15) is 11.5 Å². The summed E-state index contributed by atoms with van der Waals surface area (Å²) in [7, 11) is 3.10. The molecule has 0 unspecified atom stereocenters. The van der Waals surface area contributed by atoms with E-state index in [1.54, 1.807) is 38.3 Å². The van der Waals surface area contributed by atoms with Gasteiger partial charge in [0, 0.05) is 23.7 Å². The Balaban J connectivity index is 1.82. The van der Waals surface area contributed by atoms with Crippen LogP contribution in [0.3, 0.4) is 0 Å². The molecule has 0 saturated heterocycles. The van der Waals surface area contributed by atoms with E-state index in [4.69, 9.17) is 14.2 Å². The van der Waals surface area contributed by atoms with Gasteiger partial charge in [-0.15, -0.1) is 0 Å². The molecule has 0 aliphatic carbocycles. The molecule has 2 rings (SSSR count). The summed E-state index contributed by atoms with van der Waals surface area (Å²) in [5, 5.41) is 2.89. The van der Waals surface area contributed by atoms with Crippen LogP contribution in [0, 0.1) is 0 Å². The van der Waals surface area contributed by atoms with E-state index in [0.717, 1.165) is 12.8 Å². The van der Waals surface area contributed by atoms with E-state index >= 15 is 0 Å². The average molecular weight is 411 g/mol. The van der Waals surface area contributed by atoms with Crippen molar-refractivity contribution in [2.24, 2.45) is 0 Å². The normalized spacial score (nSPS) is 12.8. The first-order valence-electron chi connectivity index (χ1n) is 9.88. The summed E-state index contributed by atoms with van der Waals surface area (Å²) in [5.41, 5.74) is 1.92. The fourth-order valence-electron chi connectivity index (χ4n) is 2.84. The Morgan fingerprint density at radius 3 is 2.43 bits per heavy atom. The van der Waals surface area contributed by atoms with Crippen molar-refractivity contribution in [3.8, 4) is 11.5 Å². The Hall–Kier alpha value is -3.28. The lowest BCUT2D eigenvalue weighted by Crippen LogP contribution is -2.40. The van der Waals surface area contributed by atoms with Crippen LogP contribution in [0.5, 0.6) is 11.5 Å². The number of amides is 1. The van der Waals surface area contributed by atoms with Crippen molar-refractivity contribution >= 4 is 18.0 Å². The van der Waals surface area contributed by atoms with Gasteiger partial charge < -0.3 is 19.5 Å². The number of hydrogen-bond donors (Lipinski definition) is 1. The fraction of sp³-hybridized carbons (Fsp3) is 0.333. The van der Waals surface area contributed by atoms with Gasteiger partial charge in [0.25, 0.3) is 5.91 Å². The van der Waals surface area contributed by atoms with Crippen LogP contribution in [0.15, 0.2) is 54.6 Å². The monoisotopic (exact) mass is 411 g/mol. The molecule has 0 fully saturated rings. The van der Waals surface area contributed by atoms with Crippen LogP contribution in [-0.4, -0.2) is 38.2 Å². The number of esters is 1. The summed E-state index contributed by atoms with van der Waals surface area (Å²) in [6.07, 6.45) is 3.62. The predicted octanol–water partition coefficient (Wildman–Crippen LogP) is 3.79. The molecule has 1 N–H and O–H groups in total. The standard InChI is InChI=1S/C24H29NO5/c1-17(10-11-19-8-6-5-7-9-19)25-24(27)18(2)30-23(26)15-13-20-12-14-21(28-3)16-22(20)29-4/h5-9,12-18H,10-11H2,1-4H3,(H,25,27)/b15-13+/t17-,18-/m0/s1. The SMILES string of the molecule is COc1ccc(/C=C/C(=O)O[C@@H](C)C(=O)N[C@@H](C)CCc2ccccc2)c(OC)c1. The number of benzene rings is 2. The quantitative estimate of drug-likeness (QED) is 0.476. The zero-order valence-corrected chi connectivity index (χ0v) is 17.9. The van der Waals surface area contributed by atoms with E-state index in [1.165, 1.54) is 18.7 Å². The lowest BCUT2D eigenvalue weighted by Gasteiger charge is -2.17. The minimum atomic E-state index is -0.890. The average Bonchev–Trinajstić information content (AvgIpc) is 2.76. The maximum absolute atomic E-state index is 12.3. The number of nitrogens with one attached hydrogen (secondary N) is 1. The van der Waals surface area contributed by atoms with Crippen LogP contribution in [0.4, 0.5) is 0 Å². The van der Waals surface area contributed by atoms with Crippen LogP contribution in [-0.2, 0) is 20.7 Å². The summed E-state index contributed by atoms with van der Waals surface area (Å²) in [4.78, 5) is 24.4. The highest BCUT2D eigenvalue weighted by molar-refractivity contribution is 5.90. The lowest BCUT2D eigenvalue weighted by atomic mass is 10.1. The van der Waals surface area contributed by atoms with Gasteiger partial charge >= 0.3 is 5.97 Å². The van der Waals surface area contributed by atoms with Crippen LogP contribution in [0.2, 0.25) is 0 Å². The third kappa shape index (κ3) is 7.28. The molecule has 0 aliphatic heterocycles. The molecule has 0 aliphatic rings. The molecule has 0 aromatic heterocycles. The molecular weight excluding hydrogens is 382 g/mol. The molecular formula is C24H29NO5. The molecule has 30 heavy (non-hydrogen) atoms. The molecule has 2 aromatic rings. The molecule has 160 valence electrons.